The Kier molecular flexibility index (Phi) is 3.99. The van der Waals surface area contributed by atoms with E-state index in [0.717, 1.165) is 10.4 Å². The largest absolute Gasteiger partial charge is 0.213 e. The van der Waals surface area contributed by atoms with Crippen LogP contribution in [0, 0.1) is 0 Å². The molecular formula is C28H21ClN2+2. The molecule has 2 aromatic heterocycles. The number of benzene rings is 4. The highest BCUT2D eigenvalue weighted by Crippen LogP contribution is 2.41. The minimum Gasteiger partial charge on any atom is -0.194 e. The fourth-order valence-corrected chi connectivity index (χ4v) is 5.19. The van der Waals surface area contributed by atoms with Crippen molar-refractivity contribution in [2.24, 2.45) is 14.1 Å². The van der Waals surface area contributed by atoms with E-state index in [0.29, 0.717) is 0 Å². The molecule has 0 saturated heterocycles. The monoisotopic (exact) mass is 420 g/mol. The van der Waals surface area contributed by atoms with Crippen LogP contribution in [0.1, 0.15) is 0 Å². The summed E-state index contributed by atoms with van der Waals surface area (Å²) >= 11 is 6.53. The van der Waals surface area contributed by atoms with Gasteiger partial charge in [0.05, 0.1) is 21.5 Å². The number of hydrogen-bond acceptors (Lipinski definition) is 0. The van der Waals surface area contributed by atoms with Crippen LogP contribution in [0.25, 0.3) is 54.7 Å². The van der Waals surface area contributed by atoms with Gasteiger partial charge in [0.1, 0.15) is 14.1 Å². The molecule has 0 radical (unpaired) electrons. The third kappa shape index (κ3) is 2.58. The Labute approximate surface area is 185 Å². The minimum absolute atomic E-state index is 0.749. The summed E-state index contributed by atoms with van der Waals surface area (Å²) in [6.45, 7) is 0. The average molecular weight is 421 g/mol. The van der Waals surface area contributed by atoms with Gasteiger partial charge in [-0.05, 0) is 30.3 Å². The Morgan fingerprint density at radius 2 is 0.871 bits per heavy atom. The van der Waals surface area contributed by atoms with Crippen LogP contribution in [0.5, 0.6) is 0 Å². The van der Waals surface area contributed by atoms with E-state index in [2.05, 4.69) is 108 Å². The lowest BCUT2D eigenvalue weighted by molar-refractivity contribution is -0.617. The molecule has 2 nitrogen and oxygen atoms in total. The van der Waals surface area contributed by atoms with Crippen molar-refractivity contribution in [2.75, 3.05) is 0 Å². The number of halogens is 1. The van der Waals surface area contributed by atoms with Crippen molar-refractivity contribution in [3.8, 4) is 11.1 Å². The molecule has 0 spiro atoms. The van der Waals surface area contributed by atoms with Gasteiger partial charge in [-0.15, -0.1) is 0 Å². The van der Waals surface area contributed by atoms with Crippen molar-refractivity contribution < 1.29 is 9.13 Å². The van der Waals surface area contributed by atoms with Gasteiger partial charge < -0.3 is 0 Å². The highest BCUT2D eigenvalue weighted by molar-refractivity contribution is 6.32. The Morgan fingerprint density at radius 1 is 0.484 bits per heavy atom. The normalized spacial score (nSPS) is 11.7. The third-order valence-electron chi connectivity index (χ3n) is 6.44. The topological polar surface area (TPSA) is 7.76 Å². The first-order chi connectivity index (χ1) is 15.1. The smallest absolute Gasteiger partial charge is 0.194 e. The van der Waals surface area contributed by atoms with Crippen LogP contribution in [-0.4, -0.2) is 0 Å². The number of fused-ring (bicyclic) bond motifs is 4. The molecule has 0 saturated carbocycles. The van der Waals surface area contributed by atoms with Crippen LogP contribution in [0.4, 0.5) is 0 Å². The first-order valence-electron chi connectivity index (χ1n) is 10.4. The molecule has 31 heavy (non-hydrogen) atoms. The molecule has 2 heterocycles. The molecule has 0 fully saturated rings. The quantitative estimate of drug-likeness (QED) is 0.219. The van der Waals surface area contributed by atoms with Crippen LogP contribution < -0.4 is 9.13 Å². The first-order valence-corrected chi connectivity index (χ1v) is 10.8. The molecule has 4 aromatic carbocycles. The van der Waals surface area contributed by atoms with Crippen LogP contribution in [0.2, 0.25) is 5.02 Å². The van der Waals surface area contributed by atoms with E-state index in [1.54, 1.807) is 0 Å². The van der Waals surface area contributed by atoms with Gasteiger partial charge in [0, 0.05) is 40.4 Å². The second kappa shape index (κ2) is 6.76. The summed E-state index contributed by atoms with van der Waals surface area (Å²) < 4.78 is 4.55. The molecule has 6 aromatic rings. The molecule has 0 N–H and O–H groups in total. The molecule has 0 unspecified atom stereocenters. The zero-order valence-corrected chi connectivity index (χ0v) is 18.2. The van der Waals surface area contributed by atoms with Crippen molar-refractivity contribution in [1.82, 2.24) is 0 Å². The molecule has 0 aliphatic heterocycles. The van der Waals surface area contributed by atoms with Crippen molar-refractivity contribution >= 4 is 55.2 Å². The van der Waals surface area contributed by atoms with Crippen LogP contribution >= 0.6 is 11.6 Å². The summed E-state index contributed by atoms with van der Waals surface area (Å²) in [5, 5.41) is 5.62. The summed E-state index contributed by atoms with van der Waals surface area (Å²) in [6, 6.07) is 32.2. The lowest BCUT2D eigenvalue weighted by Gasteiger charge is -2.15. The lowest BCUT2D eigenvalue weighted by Crippen LogP contribution is -2.31. The van der Waals surface area contributed by atoms with Crippen LogP contribution in [0.3, 0.4) is 0 Å². The van der Waals surface area contributed by atoms with Gasteiger partial charge in [0.15, 0.2) is 0 Å². The van der Waals surface area contributed by atoms with Gasteiger partial charge in [-0.3, -0.25) is 0 Å². The van der Waals surface area contributed by atoms with E-state index in [-0.39, 0.29) is 0 Å². The molecule has 0 aliphatic rings. The molecule has 0 amide bonds. The number of para-hydroxylation sites is 3. The lowest BCUT2D eigenvalue weighted by atomic mass is 9.90. The van der Waals surface area contributed by atoms with Crippen LogP contribution in [-0.2, 0) is 14.1 Å². The standard InChI is InChI=1S/C28H21ClN2/c1-30-23-12-6-3-9-19(23)27(20-10-4-7-13-24(20)30)28-21-11-5-8-14-25(21)31(2)26-16-15-18(29)17-22(26)28/h3-17H,1-2H3/q+2. The molecular weight excluding hydrogens is 400 g/mol. The Hall–Kier alpha value is -3.49. The van der Waals surface area contributed by atoms with Crippen molar-refractivity contribution in [2.45, 2.75) is 0 Å². The first kappa shape index (κ1) is 18.3. The predicted octanol–water partition coefficient (Wildman–Crippen LogP) is 6.27. The SMILES string of the molecule is C[n+]1c2ccccc2c(-c2c3ccccc3[n+](C)c3ccc(Cl)cc23)c2ccccc21. The van der Waals surface area contributed by atoms with Crippen molar-refractivity contribution in [3.63, 3.8) is 0 Å². The number of rotatable bonds is 1. The summed E-state index contributed by atoms with van der Waals surface area (Å²) in [5.41, 5.74) is 7.29. The Morgan fingerprint density at radius 3 is 1.35 bits per heavy atom. The number of pyridine rings is 2. The van der Waals surface area contributed by atoms with Gasteiger partial charge in [-0.1, -0.05) is 48.0 Å². The van der Waals surface area contributed by atoms with Gasteiger partial charge in [-0.2, -0.15) is 9.13 Å². The Balaban J connectivity index is 1.98. The predicted molar refractivity (Wildman–Crippen MR) is 129 cm³/mol. The van der Waals surface area contributed by atoms with Crippen molar-refractivity contribution in [3.05, 3.63) is 96.0 Å². The second-order valence-electron chi connectivity index (χ2n) is 8.08. The van der Waals surface area contributed by atoms with E-state index >= 15 is 0 Å². The number of aromatic nitrogens is 2. The number of hydrogen-bond donors (Lipinski definition) is 0. The van der Waals surface area contributed by atoms with Crippen LogP contribution in [0.15, 0.2) is 91.0 Å². The van der Waals surface area contributed by atoms with Gasteiger partial charge in [0.2, 0.25) is 22.1 Å². The zero-order valence-electron chi connectivity index (χ0n) is 17.4. The maximum absolute atomic E-state index is 6.53. The number of aryl methyl sites for hydroxylation is 2. The number of nitrogens with zero attached hydrogens (tertiary/aromatic N) is 2. The maximum atomic E-state index is 6.53. The molecule has 3 heteroatoms. The summed E-state index contributed by atoms with van der Waals surface area (Å²) in [4.78, 5) is 0. The zero-order chi connectivity index (χ0) is 21.1. The fraction of sp³-hybridized carbons (Fsp3) is 0.0714. The minimum atomic E-state index is 0.749. The summed E-state index contributed by atoms with van der Waals surface area (Å²) in [7, 11) is 4.27. The van der Waals surface area contributed by atoms with Gasteiger partial charge in [0.25, 0.3) is 0 Å². The Bertz CT molecular complexity index is 1610. The second-order valence-corrected chi connectivity index (χ2v) is 8.52. The van der Waals surface area contributed by atoms with E-state index < -0.39 is 0 Å². The molecule has 0 bridgehead atoms. The average Bonchev–Trinajstić information content (AvgIpc) is 2.81. The molecule has 0 atom stereocenters. The molecule has 6 rings (SSSR count). The van der Waals surface area contributed by atoms with E-state index in [1.807, 2.05) is 6.07 Å². The highest BCUT2D eigenvalue weighted by atomic mass is 35.5. The summed E-state index contributed by atoms with van der Waals surface area (Å²) in [5.74, 6) is 0. The van der Waals surface area contributed by atoms with Crippen molar-refractivity contribution in [1.29, 1.82) is 0 Å². The van der Waals surface area contributed by atoms with E-state index in [9.17, 15) is 0 Å². The summed E-state index contributed by atoms with van der Waals surface area (Å²) in [6.07, 6.45) is 0. The molecule has 0 aliphatic carbocycles. The highest BCUT2D eigenvalue weighted by Gasteiger charge is 2.25. The third-order valence-corrected chi connectivity index (χ3v) is 6.68. The molecule has 148 valence electrons. The van der Waals surface area contributed by atoms with E-state index in [4.69, 9.17) is 11.6 Å². The van der Waals surface area contributed by atoms with Gasteiger partial charge >= 0.3 is 0 Å². The fourth-order valence-electron chi connectivity index (χ4n) is 5.02. The van der Waals surface area contributed by atoms with E-state index in [1.165, 1.54) is 49.4 Å². The maximum Gasteiger partial charge on any atom is 0.213 e. The van der Waals surface area contributed by atoms with Gasteiger partial charge in [-0.25, -0.2) is 0 Å².